The Balaban J connectivity index is 2.83. The maximum atomic E-state index is 11.9. The molecule has 3 heteroatoms. The van der Waals surface area contributed by atoms with Gasteiger partial charge in [0.2, 0.25) is 0 Å². The van der Waals surface area contributed by atoms with Gasteiger partial charge in [0.25, 0.3) is 0 Å². The number of hydrogen-bond donors (Lipinski definition) is 0. The number of ether oxygens (including phenoxy) is 1. The van der Waals surface area contributed by atoms with Crippen molar-refractivity contribution in [2.45, 2.75) is 33.1 Å². The van der Waals surface area contributed by atoms with Gasteiger partial charge in [0.15, 0.2) is 5.78 Å². The summed E-state index contributed by atoms with van der Waals surface area (Å²) >= 11 is 0. The van der Waals surface area contributed by atoms with E-state index >= 15 is 0 Å². The van der Waals surface area contributed by atoms with Crippen molar-refractivity contribution < 1.29 is 9.53 Å². The van der Waals surface area contributed by atoms with Crippen LogP contribution in [-0.2, 0) is 4.79 Å². The van der Waals surface area contributed by atoms with Crippen molar-refractivity contribution in [3.63, 3.8) is 0 Å². The molecule has 0 aliphatic carbocycles. The molecular weight excluding hydrogens is 226 g/mol. The second-order valence-corrected chi connectivity index (χ2v) is 4.63. The Labute approximate surface area is 108 Å². The highest BCUT2D eigenvalue weighted by Gasteiger charge is 2.20. The molecule has 0 amide bonds. The monoisotopic (exact) mass is 245 g/mol. The average molecular weight is 245 g/mol. The molecule has 0 saturated heterocycles. The van der Waals surface area contributed by atoms with E-state index in [-0.39, 0.29) is 11.7 Å². The van der Waals surface area contributed by atoms with E-state index in [2.05, 4.69) is 6.07 Å². The largest absolute Gasteiger partial charge is 0.494 e. The minimum absolute atomic E-state index is 0.0170. The van der Waals surface area contributed by atoms with Gasteiger partial charge in [-0.15, -0.1) is 0 Å². The maximum absolute atomic E-state index is 11.9. The van der Waals surface area contributed by atoms with Crippen molar-refractivity contribution in [2.75, 3.05) is 6.61 Å². The summed E-state index contributed by atoms with van der Waals surface area (Å²) in [5.41, 5.74) is 0.742. The topological polar surface area (TPSA) is 50.1 Å². The second kappa shape index (κ2) is 6.80. The predicted octanol–water partition coefficient (Wildman–Crippen LogP) is 3.31. The zero-order chi connectivity index (χ0) is 13.5. The van der Waals surface area contributed by atoms with Gasteiger partial charge >= 0.3 is 0 Å². The van der Waals surface area contributed by atoms with Gasteiger partial charge in [-0.25, -0.2) is 0 Å². The fourth-order valence-electron chi connectivity index (χ4n) is 1.78. The number of nitrogens with zero attached hydrogens (tertiary/aromatic N) is 1. The van der Waals surface area contributed by atoms with Crippen molar-refractivity contribution >= 4 is 5.78 Å². The number of nitriles is 1. The lowest BCUT2D eigenvalue weighted by atomic mass is 9.91. The molecule has 1 aromatic rings. The molecule has 0 saturated carbocycles. The van der Waals surface area contributed by atoms with Crippen LogP contribution in [0.25, 0.3) is 0 Å². The first-order valence-corrected chi connectivity index (χ1v) is 6.23. The van der Waals surface area contributed by atoms with Crippen molar-refractivity contribution in [1.29, 1.82) is 5.26 Å². The molecule has 96 valence electrons. The number of carbonyl (C=O) groups excluding carboxylic acids is 1. The minimum Gasteiger partial charge on any atom is -0.494 e. The number of rotatable bonds is 6. The fraction of sp³-hybridized carbons (Fsp3) is 0.467. The molecule has 0 fully saturated rings. The van der Waals surface area contributed by atoms with Gasteiger partial charge in [0.05, 0.1) is 12.7 Å². The van der Waals surface area contributed by atoms with E-state index in [1.165, 1.54) is 0 Å². The van der Waals surface area contributed by atoms with Crippen molar-refractivity contribution in [2.24, 2.45) is 5.92 Å². The van der Waals surface area contributed by atoms with E-state index in [0.717, 1.165) is 11.3 Å². The lowest BCUT2D eigenvalue weighted by Crippen LogP contribution is -2.13. The number of Topliss-reactive ketones (excluding diaryl/α,β-unsaturated/α-hetero) is 1. The molecule has 0 aliphatic rings. The van der Waals surface area contributed by atoms with Gasteiger partial charge < -0.3 is 4.74 Å². The first-order chi connectivity index (χ1) is 8.58. The van der Waals surface area contributed by atoms with Crippen LogP contribution in [0.4, 0.5) is 0 Å². The number of ketones is 1. The molecule has 0 bridgehead atoms. The van der Waals surface area contributed by atoms with E-state index in [4.69, 9.17) is 10.00 Å². The summed E-state index contributed by atoms with van der Waals surface area (Å²) in [5.74, 6) is 0.352. The van der Waals surface area contributed by atoms with E-state index in [0.29, 0.717) is 13.0 Å². The fourth-order valence-corrected chi connectivity index (χ4v) is 1.78. The van der Waals surface area contributed by atoms with Gasteiger partial charge in [0, 0.05) is 6.42 Å². The van der Waals surface area contributed by atoms with Crippen LogP contribution in [0.5, 0.6) is 5.75 Å². The Morgan fingerprint density at radius 1 is 1.33 bits per heavy atom. The molecule has 1 unspecified atom stereocenters. The zero-order valence-electron chi connectivity index (χ0n) is 11.1. The van der Waals surface area contributed by atoms with Gasteiger partial charge in [-0.05, 0) is 30.5 Å². The lowest BCUT2D eigenvalue weighted by Gasteiger charge is -2.11. The highest BCUT2D eigenvalue weighted by molar-refractivity contribution is 5.88. The lowest BCUT2D eigenvalue weighted by molar-refractivity contribution is -0.120. The Kier molecular flexibility index (Phi) is 5.38. The molecule has 1 rings (SSSR count). The third kappa shape index (κ3) is 3.89. The van der Waals surface area contributed by atoms with Crippen molar-refractivity contribution in [1.82, 2.24) is 0 Å². The summed E-state index contributed by atoms with van der Waals surface area (Å²) in [7, 11) is 0. The molecule has 1 atom stereocenters. The van der Waals surface area contributed by atoms with Gasteiger partial charge in [-0.1, -0.05) is 26.0 Å². The number of carbonyl (C=O) groups is 1. The van der Waals surface area contributed by atoms with E-state index in [9.17, 15) is 4.79 Å². The molecule has 0 N–H and O–H groups in total. The summed E-state index contributed by atoms with van der Waals surface area (Å²) in [6.45, 7) is 6.47. The molecule has 1 aromatic carbocycles. The Morgan fingerprint density at radius 3 is 2.39 bits per heavy atom. The Hall–Kier alpha value is -1.82. The predicted molar refractivity (Wildman–Crippen MR) is 70.4 cm³/mol. The molecule has 18 heavy (non-hydrogen) atoms. The van der Waals surface area contributed by atoms with E-state index < -0.39 is 5.92 Å². The smallest absolute Gasteiger partial charge is 0.154 e. The van der Waals surface area contributed by atoms with Crippen LogP contribution < -0.4 is 4.74 Å². The normalized spacial score (nSPS) is 11.9. The second-order valence-electron chi connectivity index (χ2n) is 4.63. The van der Waals surface area contributed by atoms with Crippen LogP contribution in [-0.4, -0.2) is 12.4 Å². The molecule has 0 heterocycles. The number of benzene rings is 1. The summed E-state index contributed by atoms with van der Waals surface area (Å²) in [6.07, 6.45) is 0.436. The maximum Gasteiger partial charge on any atom is 0.154 e. The SMILES string of the molecule is CCOc1ccc(C(C#N)C(=O)CC(C)C)cc1. The first kappa shape index (κ1) is 14.2. The van der Waals surface area contributed by atoms with Crippen molar-refractivity contribution in [3.05, 3.63) is 29.8 Å². The third-order valence-electron chi connectivity index (χ3n) is 2.58. The third-order valence-corrected chi connectivity index (χ3v) is 2.58. The molecule has 0 radical (unpaired) electrons. The van der Waals surface area contributed by atoms with E-state index in [1.54, 1.807) is 24.3 Å². The van der Waals surface area contributed by atoms with Gasteiger partial charge in [0.1, 0.15) is 11.7 Å². The van der Waals surface area contributed by atoms with Crippen molar-refractivity contribution in [3.8, 4) is 11.8 Å². The first-order valence-electron chi connectivity index (χ1n) is 6.23. The van der Waals surface area contributed by atoms with Crippen LogP contribution >= 0.6 is 0 Å². The van der Waals surface area contributed by atoms with Crippen LogP contribution in [0.15, 0.2) is 24.3 Å². The molecule has 3 nitrogen and oxygen atoms in total. The van der Waals surface area contributed by atoms with Crippen LogP contribution in [0.1, 0.15) is 38.7 Å². The minimum atomic E-state index is -0.664. The molecule has 0 spiro atoms. The van der Waals surface area contributed by atoms with Gasteiger partial charge in [-0.2, -0.15) is 5.26 Å². The summed E-state index contributed by atoms with van der Waals surface area (Å²) in [6, 6.07) is 9.26. The Bertz CT molecular complexity index is 429. The standard InChI is InChI=1S/C15H19NO2/c1-4-18-13-7-5-12(6-8-13)14(10-16)15(17)9-11(2)3/h5-8,11,14H,4,9H2,1-3H3. The van der Waals surface area contributed by atoms with Gasteiger partial charge in [-0.3, -0.25) is 4.79 Å². The number of hydrogen-bond acceptors (Lipinski definition) is 3. The van der Waals surface area contributed by atoms with Crippen LogP contribution in [0.3, 0.4) is 0 Å². The van der Waals surface area contributed by atoms with E-state index in [1.807, 2.05) is 20.8 Å². The highest BCUT2D eigenvalue weighted by atomic mass is 16.5. The van der Waals surface area contributed by atoms with Crippen LogP contribution in [0.2, 0.25) is 0 Å². The summed E-state index contributed by atoms with van der Waals surface area (Å²) in [5, 5.41) is 9.13. The molecular formula is C15H19NO2. The molecule has 0 aliphatic heterocycles. The van der Waals surface area contributed by atoms with Crippen LogP contribution in [0, 0.1) is 17.2 Å². The highest BCUT2D eigenvalue weighted by Crippen LogP contribution is 2.22. The summed E-state index contributed by atoms with van der Waals surface area (Å²) < 4.78 is 5.33. The zero-order valence-corrected chi connectivity index (χ0v) is 11.1. The average Bonchev–Trinajstić information content (AvgIpc) is 2.31. The Morgan fingerprint density at radius 2 is 1.94 bits per heavy atom. The molecule has 0 aromatic heterocycles. The quantitative estimate of drug-likeness (QED) is 0.772. The summed E-state index contributed by atoms with van der Waals surface area (Å²) in [4.78, 5) is 11.9.